The van der Waals surface area contributed by atoms with Crippen molar-refractivity contribution in [2.45, 2.75) is 12.5 Å². The van der Waals surface area contributed by atoms with Gasteiger partial charge in [0.1, 0.15) is 17.3 Å². The Morgan fingerprint density at radius 1 is 1.07 bits per heavy atom. The molecule has 1 fully saturated rings. The Balaban J connectivity index is 1.35. The number of amides is 1. The van der Waals surface area contributed by atoms with Gasteiger partial charge in [0.25, 0.3) is 5.91 Å². The molecule has 30 heavy (non-hydrogen) atoms. The van der Waals surface area contributed by atoms with Crippen molar-refractivity contribution in [3.63, 3.8) is 0 Å². The quantitative estimate of drug-likeness (QED) is 0.564. The predicted octanol–water partition coefficient (Wildman–Crippen LogP) is 2.65. The molecule has 1 unspecified atom stereocenters. The van der Waals surface area contributed by atoms with Crippen LogP contribution in [0.15, 0.2) is 60.8 Å². The molecule has 9 heteroatoms. The lowest BCUT2D eigenvalue weighted by Gasteiger charge is -2.17. The molecule has 0 bridgehead atoms. The molecule has 1 aromatic carbocycles. The van der Waals surface area contributed by atoms with Crippen molar-refractivity contribution in [3.05, 3.63) is 72.3 Å². The van der Waals surface area contributed by atoms with Crippen molar-refractivity contribution in [2.75, 3.05) is 18.4 Å². The number of carbonyl (C=O) groups is 1. The van der Waals surface area contributed by atoms with Gasteiger partial charge in [-0.3, -0.25) is 9.78 Å². The third-order valence-electron chi connectivity index (χ3n) is 5.09. The van der Waals surface area contributed by atoms with Gasteiger partial charge >= 0.3 is 0 Å². The molecule has 3 aromatic heterocycles. The largest absolute Gasteiger partial charge is 0.364 e. The molecule has 1 atom stereocenters. The lowest BCUT2D eigenvalue weighted by atomic mass is 10.2. The number of hydrogen-bond donors (Lipinski definition) is 1. The Bertz CT molecular complexity index is 1210. The monoisotopic (exact) mass is 403 g/mol. The van der Waals surface area contributed by atoms with Crippen molar-refractivity contribution in [2.24, 2.45) is 0 Å². The smallest absolute Gasteiger partial charge is 0.272 e. The van der Waals surface area contributed by atoms with Gasteiger partial charge < -0.3 is 10.2 Å². The average molecular weight is 403 g/mol. The van der Waals surface area contributed by atoms with Crippen molar-refractivity contribution >= 4 is 17.4 Å². The number of pyridine rings is 1. The van der Waals surface area contributed by atoms with Crippen LogP contribution in [0.5, 0.6) is 0 Å². The van der Waals surface area contributed by atoms with Gasteiger partial charge in [-0.2, -0.15) is 4.52 Å². The van der Waals surface area contributed by atoms with E-state index in [1.807, 2.05) is 0 Å². The predicted molar refractivity (Wildman–Crippen MR) is 108 cm³/mol. The van der Waals surface area contributed by atoms with Gasteiger partial charge in [-0.05, 0) is 42.8 Å². The Morgan fingerprint density at radius 2 is 1.93 bits per heavy atom. The molecule has 0 saturated carbocycles. The fourth-order valence-electron chi connectivity index (χ4n) is 3.60. The molecule has 1 N–H and O–H groups in total. The van der Waals surface area contributed by atoms with E-state index in [9.17, 15) is 9.18 Å². The van der Waals surface area contributed by atoms with Gasteiger partial charge in [0.15, 0.2) is 11.5 Å². The normalized spacial score (nSPS) is 16.2. The molecule has 5 rings (SSSR count). The first-order valence-electron chi connectivity index (χ1n) is 9.63. The molecule has 4 aromatic rings. The fourth-order valence-corrected chi connectivity index (χ4v) is 3.60. The summed E-state index contributed by atoms with van der Waals surface area (Å²) in [5, 5.41) is 16.1. The Hall–Kier alpha value is -3.88. The standard InChI is InChI=1S/C21H18FN7O/c22-16-6-2-1-5-15(16)20-26-25-19-9-8-18(27-29(19)20)24-14-10-12-28(13-14)21(30)17-7-3-4-11-23-17/h1-9,11,14H,10,12-13H2,(H,24,27). The number of hydrogen-bond acceptors (Lipinski definition) is 6. The maximum Gasteiger partial charge on any atom is 0.272 e. The van der Waals surface area contributed by atoms with Crippen LogP contribution in [0.25, 0.3) is 17.0 Å². The van der Waals surface area contributed by atoms with E-state index >= 15 is 0 Å². The average Bonchev–Trinajstić information content (AvgIpc) is 3.41. The lowest BCUT2D eigenvalue weighted by molar-refractivity contribution is 0.0786. The number of halogens is 1. The minimum atomic E-state index is -0.383. The molecular weight excluding hydrogens is 385 g/mol. The van der Waals surface area contributed by atoms with Crippen molar-refractivity contribution in [1.29, 1.82) is 0 Å². The summed E-state index contributed by atoms with van der Waals surface area (Å²) < 4.78 is 15.7. The molecule has 8 nitrogen and oxygen atoms in total. The van der Waals surface area contributed by atoms with Crippen LogP contribution in [0, 0.1) is 5.82 Å². The summed E-state index contributed by atoms with van der Waals surface area (Å²) in [5.74, 6) is 0.484. The molecule has 150 valence electrons. The van der Waals surface area contributed by atoms with Crippen LogP contribution >= 0.6 is 0 Å². The van der Waals surface area contributed by atoms with Gasteiger partial charge in [0.2, 0.25) is 0 Å². The third kappa shape index (κ3) is 3.34. The number of anilines is 1. The van der Waals surface area contributed by atoms with Crippen LogP contribution in [-0.4, -0.2) is 54.7 Å². The summed E-state index contributed by atoms with van der Waals surface area (Å²) in [7, 11) is 0. The zero-order valence-electron chi connectivity index (χ0n) is 15.9. The number of fused-ring (bicyclic) bond motifs is 1. The summed E-state index contributed by atoms with van der Waals surface area (Å²) in [6.07, 6.45) is 2.41. The summed E-state index contributed by atoms with van der Waals surface area (Å²) >= 11 is 0. The number of likely N-dealkylation sites (tertiary alicyclic amines) is 1. The van der Waals surface area contributed by atoms with E-state index in [1.165, 1.54) is 10.6 Å². The highest BCUT2D eigenvalue weighted by Gasteiger charge is 2.28. The lowest BCUT2D eigenvalue weighted by Crippen LogP contribution is -2.32. The van der Waals surface area contributed by atoms with Crippen LogP contribution in [0.1, 0.15) is 16.9 Å². The van der Waals surface area contributed by atoms with E-state index in [4.69, 9.17) is 0 Å². The fraction of sp³-hybridized carbons (Fsp3) is 0.190. The van der Waals surface area contributed by atoms with Crippen molar-refractivity contribution in [1.82, 2.24) is 29.7 Å². The van der Waals surface area contributed by atoms with Crippen molar-refractivity contribution < 1.29 is 9.18 Å². The molecule has 1 amide bonds. The summed E-state index contributed by atoms with van der Waals surface area (Å²) in [6, 6.07) is 15.3. The van der Waals surface area contributed by atoms with Gasteiger partial charge in [-0.25, -0.2) is 4.39 Å². The van der Waals surface area contributed by atoms with E-state index in [0.717, 1.165) is 6.42 Å². The van der Waals surface area contributed by atoms with E-state index in [2.05, 4.69) is 25.6 Å². The number of nitrogens with zero attached hydrogens (tertiary/aromatic N) is 6. The number of rotatable bonds is 4. The summed E-state index contributed by atoms with van der Waals surface area (Å²) in [5.41, 5.74) is 1.30. The third-order valence-corrected chi connectivity index (χ3v) is 5.09. The molecule has 1 aliphatic rings. The molecule has 1 aliphatic heterocycles. The Kier molecular flexibility index (Phi) is 4.55. The van der Waals surface area contributed by atoms with Crippen LogP contribution in [0.4, 0.5) is 10.2 Å². The van der Waals surface area contributed by atoms with Crippen LogP contribution in [-0.2, 0) is 0 Å². The molecule has 0 spiro atoms. The maximum atomic E-state index is 14.2. The molecule has 4 heterocycles. The molecule has 0 aliphatic carbocycles. The molecule has 1 saturated heterocycles. The van der Waals surface area contributed by atoms with Crippen molar-refractivity contribution in [3.8, 4) is 11.4 Å². The number of aromatic nitrogens is 5. The summed E-state index contributed by atoms with van der Waals surface area (Å²) in [6.45, 7) is 1.19. The number of benzene rings is 1. The Morgan fingerprint density at radius 3 is 2.77 bits per heavy atom. The molecule has 0 radical (unpaired) electrons. The second-order valence-electron chi connectivity index (χ2n) is 7.09. The van der Waals surface area contributed by atoms with E-state index in [0.29, 0.717) is 41.6 Å². The number of nitrogens with one attached hydrogen (secondary N) is 1. The second-order valence-corrected chi connectivity index (χ2v) is 7.09. The highest BCUT2D eigenvalue weighted by atomic mass is 19.1. The zero-order valence-corrected chi connectivity index (χ0v) is 15.9. The maximum absolute atomic E-state index is 14.2. The SMILES string of the molecule is O=C(c1ccccn1)N1CCC(Nc2ccc3nnc(-c4ccccc4F)n3n2)C1. The van der Waals surface area contributed by atoms with Crippen LogP contribution in [0.3, 0.4) is 0 Å². The van der Waals surface area contributed by atoms with Crippen LogP contribution < -0.4 is 5.32 Å². The highest BCUT2D eigenvalue weighted by molar-refractivity contribution is 5.92. The Labute approximate surface area is 171 Å². The van der Waals surface area contributed by atoms with E-state index in [1.54, 1.807) is 59.6 Å². The van der Waals surface area contributed by atoms with Gasteiger partial charge in [-0.1, -0.05) is 18.2 Å². The minimum absolute atomic E-state index is 0.0519. The minimum Gasteiger partial charge on any atom is -0.364 e. The van der Waals surface area contributed by atoms with Gasteiger partial charge in [-0.15, -0.1) is 15.3 Å². The van der Waals surface area contributed by atoms with E-state index < -0.39 is 0 Å². The van der Waals surface area contributed by atoms with Gasteiger partial charge in [0.05, 0.1) is 5.56 Å². The first-order valence-corrected chi connectivity index (χ1v) is 9.63. The molecular formula is C21H18FN7O. The highest BCUT2D eigenvalue weighted by Crippen LogP contribution is 2.22. The first kappa shape index (κ1) is 18.2. The van der Waals surface area contributed by atoms with Crippen LogP contribution in [0.2, 0.25) is 0 Å². The van der Waals surface area contributed by atoms with E-state index in [-0.39, 0.29) is 17.8 Å². The zero-order chi connectivity index (χ0) is 20.5. The van der Waals surface area contributed by atoms with Gasteiger partial charge in [0, 0.05) is 25.3 Å². The summed E-state index contributed by atoms with van der Waals surface area (Å²) in [4.78, 5) is 18.5. The first-order chi connectivity index (χ1) is 14.7. The number of carbonyl (C=O) groups excluding carboxylic acids is 1. The topological polar surface area (TPSA) is 88.3 Å². The second kappa shape index (κ2) is 7.51.